The number of hydrogen-bond donors (Lipinski definition) is 2. The van der Waals surface area contributed by atoms with Gasteiger partial charge in [-0.2, -0.15) is 0 Å². The molecule has 0 aromatic rings. The second kappa shape index (κ2) is 8.36. The van der Waals surface area contributed by atoms with Gasteiger partial charge >= 0.3 is 6.03 Å². The highest BCUT2D eigenvalue weighted by atomic mass is 16.2. The molecule has 0 saturated carbocycles. The summed E-state index contributed by atoms with van der Waals surface area (Å²) in [7, 11) is 0. The third kappa shape index (κ3) is 4.35. The van der Waals surface area contributed by atoms with Crippen molar-refractivity contribution in [1.29, 1.82) is 0 Å². The van der Waals surface area contributed by atoms with Crippen LogP contribution in [0, 0.1) is 5.92 Å². The molecule has 22 heavy (non-hydrogen) atoms. The summed E-state index contributed by atoms with van der Waals surface area (Å²) in [6, 6.07) is 0.121. The van der Waals surface area contributed by atoms with Gasteiger partial charge in [0.15, 0.2) is 0 Å². The van der Waals surface area contributed by atoms with E-state index in [2.05, 4.69) is 10.6 Å². The molecule has 0 aromatic heterocycles. The van der Waals surface area contributed by atoms with Gasteiger partial charge in [-0.05, 0) is 52.0 Å². The lowest BCUT2D eigenvalue weighted by Crippen LogP contribution is -2.50. The monoisotopic (exact) mass is 310 g/mol. The third-order valence-corrected chi connectivity index (χ3v) is 4.77. The van der Waals surface area contributed by atoms with E-state index < -0.39 is 0 Å². The van der Waals surface area contributed by atoms with E-state index >= 15 is 0 Å². The first-order valence-electron chi connectivity index (χ1n) is 8.70. The van der Waals surface area contributed by atoms with E-state index in [1.165, 1.54) is 0 Å². The number of likely N-dealkylation sites (tertiary alicyclic amines) is 1. The quantitative estimate of drug-likeness (QED) is 0.797. The molecule has 0 unspecified atom stereocenters. The van der Waals surface area contributed by atoms with Crippen molar-refractivity contribution in [1.82, 2.24) is 20.4 Å². The number of urea groups is 1. The van der Waals surface area contributed by atoms with E-state index in [9.17, 15) is 9.59 Å². The molecule has 0 radical (unpaired) electrons. The maximum absolute atomic E-state index is 12.4. The van der Waals surface area contributed by atoms with Gasteiger partial charge in [0.25, 0.3) is 0 Å². The zero-order valence-electron chi connectivity index (χ0n) is 13.9. The summed E-state index contributed by atoms with van der Waals surface area (Å²) in [5, 5.41) is 6.28. The Kier molecular flexibility index (Phi) is 6.49. The fraction of sp³-hybridized carbons (Fsp3) is 0.875. The minimum Gasteiger partial charge on any atom is -0.354 e. The number of carbonyl (C=O) groups excluding carboxylic acids is 2. The molecule has 6 heteroatoms. The van der Waals surface area contributed by atoms with Crippen LogP contribution in [-0.2, 0) is 4.79 Å². The van der Waals surface area contributed by atoms with Crippen molar-refractivity contribution in [3.05, 3.63) is 0 Å². The molecule has 126 valence electrons. The summed E-state index contributed by atoms with van der Waals surface area (Å²) < 4.78 is 0. The Labute approximate surface area is 133 Å². The summed E-state index contributed by atoms with van der Waals surface area (Å²) in [5.74, 6) is 0.489. The average Bonchev–Trinajstić information content (AvgIpc) is 3.08. The van der Waals surface area contributed by atoms with Crippen molar-refractivity contribution < 1.29 is 9.59 Å². The van der Waals surface area contributed by atoms with Gasteiger partial charge in [-0.3, -0.25) is 4.79 Å². The Morgan fingerprint density at radius 3 is 2.64 bits per heavy atom. The number of piperidine rings is 1. The summed E-state index contributed by atoms with van der Waals surface area (Å²) in [5.41, 5.74) is 0. The third-order valence-electron chi connectivity index (χ3n) is 4.77. The highest BCUT2D eigenvalue weighted by Crippen LogP contribution is 2.17. The van der Waals surface area contributed by atoms with Crippen LogP contribution in [0.4, 0.5) is 4.79 Å². The molecule has 0 spiro atoms. The van der Waals surface area contributed by atoms with Gasteiger partial charge in [-0.1, -0.05) is 0 Å². The van der Waals surface area contributed by atoms with Gasteiger partial charge in [0.05, 0.1) is 6.04 Å². The highest BCUT2D eigenvalue weighted by Gasteiger charge is 2.27. The van der Waals surface area contributed by atoms with Gasteiger partial charge in [0.2, 0.25) is 5.91 Å². The van der Waals surface area contributed by atoms with E-state index in [0.717, 1.165) is 58.4 Å². The smallest absolute Gasteiger partial charge is 0.319 e. The van der Waals surface area contributed by atoms with Crippen LogP contribution < -0.4 is 10.6 Å². The molecule has 2 saturated heterocycles. The number of carbonyl (C=O) groups is 2. The molecule has 2 aliphatic heterocycles. The number of rotatable bonds is 5. The fourth-order valence-electron chi connectivity index (χ4n) is 3.38. The predicted molar refractivity (Wildman–Crippen MR) is 86.6 cm³/mol. The van der Waals surface area contributed by atoms with E-state index in [0.29, 0.717) is 12.5 Å². The second-order valence-corrected chi connectivity index (χ2v) is 6.30. The molecule has 2 atom stereocenters. The van der Waals surface area contributed by atoms with E-state index in [1.807, 2.05) is 23.6 Å². The van der Waals surface area contributed by atoms with Crippen molar-refractivity contribution in [2.45, 2.75) is 45.6 Å². The molecule has 3 amide bonds. The lowest BCUT2D eigenvalue weighted by molar-refractivity contribution is -0.123. The van der Waals surface area contributed by atoms with Crippen molar-refractivity contribution >= 4 is 11.9 Å². The van der Waals surface area contributed by atoms with Crippen LogP contribution in [-0.4, -0.2) is 67.0 Å². The Balaban J connectivity index is 1.77. The normalized spacial score (nSPS) is 25.1. The minimum atomic E-state index is -0.0167. The topological polar surface area (TPSA) is 64.7 Å². The zero-order chi connectivity index (χ0) is 15.9. The van der Waals surface area contributed by atoms with Crippen LogP contribution in [0.15, 0.2) is 0 Å². The SMILES string of the molecule is CCN(CC)C(=O)N1CCC[C@H](CNC(=O)[C@@H]2CCCN2)C1. The van der Waals surface area contributed by atoms with Crippen LogP contribution in [0.25, 0.3) is 0 Å². The van der Waals surface area contributed by atoms with Crippen molar-refractivity contribution in [3.8, 4) is 0 Å². The Morgan fingerprint density at radius 1 is 1.23 bits per heavy atom. The Hall–Kier alpha value is -1.30. The largest absolute Gasteiger partial charge is 0.354 e. The molecule has 0 aliphatic carbocycles. The zero-order valence-corrected chi connectivity index (χ0v) is 13.9. The Bertz CT molecular complexity index is 378. The molecule has 6 nitrogen and oxygen atoms in total. The first-order chi connectivity index (χ1) is 10.7. The Morgan fingerprint density at radius 2 is 2.00 bits per heavy atom. The molecule has 2 heterocycles. The predicted octanol–water partition coefficient (Wildman–Crippen LogP) is 1.03. The van der Waals surface area contributed by atoms with E-state index in [4.69, 9.17) is 0 Å². The summed E-state index contributed by atoms with van der Waals surface area (Å²) in [4.78, 5) is 28.3. The van der Waals surface area contributed by atoms with Crippen LogP contribution in [0.2, 0.25) is 0 Å². The molecular formula is C16H30N4O2. The van der Waals surface area contributed by atoms with Gasteiger partial charge in [-0.15, -0.1) is 0 Å². The highest BCUT2D eigenvalue weighted by molar-refractivity contribution is 5.82. The van der Waals surface area contributed by atoms with Crippen LogP contribution in [0.3, 0.4) is 0 Å². The lowest BCUT2D eigenvalue weighted by Gasteiger charge is -2.36. The van der Waals surface area contributed by atoms with Gasteiger partial charge in [-0.25, -0.2) is 4.79 Å². The summed E-state index contributed by atoms with van der Waals surface area (Å²) in [6.45, 7) is 8.74. The van der Waals surface area contributed by atoms with Crippen LogP contribution in [0.1, 0.15) is 39.5 Å². The van der Waals surface area contributed by atoms with Gasteiger partial charge in [0.1, 0.15) is 0 Å². The second-order valence-electron chi connectivity index (χ2n) is 6.30. The number of nitrogens with one attached hydrogen (secondary N) is 2. The van der Waals surface area contributed by atoms with Gasteiger partial charge < -0.3 is 20.4 Å². The molecule has 2 N–H and O–H groups in total. The van der Waals surface area contributed by atoms with Crippen LogP contribution >= 0.6 is 0 Å². The number of amides is 3. The first kappa shape index (κ1) is 17.1. The molecule has 2 fully saturated rings. The van der Waals surface area contributed by atoms with Crippen LogP contribution in [0.5, 0.6) is 0 Å². The standard InChI is InChI=1S/C16H30N4O2/c1-3-19(4-2)16(22)20-10-6-7-13(12-20)11-18-15(21)14-8-5-9-17-14/h13-14,17H,3-12H2,1-2H3,(H,18,21)/t13-,14+/m1/s1. The molecule has 2 aliphatic rings. The maximum atomic E-state index is 12.4. The maximum Gasteiger partial charge on any atom is 0.319 e. The van der Waals surface area contributed by atoms with E-state index in [-0.39, 0.29) is 18.0 Å². The molecule has 2 rings (SSSR count). The fourth-order valence-corrected chi connectivity index (χ4v) is 3.38. The summed E-state index contributed by atoms with van der Waals surface area (Å²) >= 11 is 0. The molecular weight excluding hydrogens is 280 g/mol. The number of hydrogen-bond acceptors (Lipinski definition) is 3. The first-order valence-corrected chi connectivity index (χ1v) is 8.70. The molecule has 0 bridgehead atoms. The van der Waals surface area contributed by atoms with E-state index in [1.54, 1.807) is 0 Å². The average molecular weight is 310 g/mol. The summed E-state index contributed by atoms with van der Waals surface area (Å²) in [6.07, 6.45) is 4.12. The molecule has 0 aromatic carbocycles. The van der Waals surface area contributed by atoms with Gasteiger partial charge in [0, 0.05) is 32.7 Å². The van der Waals surface area contributed by atoms with Crippen molar-refractivity contribution in [3.63, 3.8) is 0 Å². The van der Waals surface area contributed by atoms with Crippen molar-refractivity contribution in [2.24, 2.45) is 5.92 Å². The van der Waals surface area contributed by atoms with Crippen molar-refractivity contribution in [2.75, 3.05) is 39.3 Å². The minimum absolute atomic E-state index is 0.0167. The lowest BCUT2D eigenvalue weighted by atomic mass is 9.98. The number of nitrogens with zero attached hydrogens (tertiary/aromatic N) is 2.